The highest BCUT2D eigenvalue weighted by molar-refractivity contribution is 5.39. The summed E-state index contributed by atoms with van der Waals surface area (Å²) in [6, 6.07) is 14.4. The van der Waals surface area contributed by atoms with Crippen LogP contribution in [-0.2, 0) is 0 Å². The first-order valence-electron chi connectivity index (χ1n) is 7.53. The molecule has 2 nitrogen and oxygen atoms in total. The van der Waals surface area contributed by atoms with Gasteiger partial charge in [-0.25, -0.2) is 0 Å². The van der Waals surface area contributed by atoms with Gasteiger partial charge >= 0.3 is 0 Å². The summed E-state index contributed by atoms with van der Waals surface area (Å²) >= 11 is 0. The minimum absolute atomic E-state index is 0.226. The first-order valence-corrected chi connectivity index (χ1v) is 7.53. The van der Waals surface area contributed by atoms with Crippen LogP contribution in [0.5, 0.6) is 0 Å². The van der Waals surface area contributed by atoms with E-state index in [2.05, 4.69) is 45.1 Å². The van der Waals surface area contributed by atoms with Crippen molar-refractivity contribution in [2.24, 2.45) is 0 Å². The second kappa shape index (κ2) is 6.88. The van der Waals surface area contributed by atoms with Crippen LogP contribution in [0.4, 0.5) is 0 Å². The number of hydrogen-bond acceptors (Lipinski definition) is 2. The lowest BCUT2D eigenvalue weighted by atomic mass is 9.94. The molecule has 0 amide bonds. The van der Waals surface area contributed by atoms with E-state index in [0.717, 1.165) is 5.56 Å². The maximum atomic E-state index is 10.2. The number of benzene rings is 2. The first kappa shape index (κ1) is 15.7. The molecule has 21 heavy (non-hydrogen) atoms. The normalized spacial score (nSPS) is 14.0. The van der Waals surface area contributed by atoms with Crippen LogP contribution in [0.1, 0.15) is 46.9 Å². The molecule has 2 N–H and O–H groups in total. The third-order valence-corrected chi connectivity index (χ3v) is 3.97. The molecule has 0 saturated carbocycles. The van der Waals surface area contributed by atoms with Gasteiger partial charge in [-0.2, -0.15) is 0 Å². The van der Waals surface area contributed by atoms with E-state index in [9.17, 15) is 5.11 Å². The highest BCUT2D eigenvalue weighted by atomic mass is 16.3. The van der Waals surface area contributed by atoms with Gasteiger partial charge in [0.2, 0.25) is 0 Å². The van der Waals surface area contributed by atoms with Crippen LogP contribution in [0, 0.1) is 20.8 Å². The summed E-state index contributed by atoms with van der Waals surface area (Å²) in [6.07, 6.45) is -0.472. The molecule has 2 aromatic carbocycles. The van der Waals surface area contributed by atoms with Crippen LogP contribution in [-0.4, -0.2) is 11.7 Å². The largest absolute Gasteiger partial charge is 0.387 e. The Morgan fingerprint density at radius 3 is 2.14 bits per heavy atom. The topological polar surface area (TPSA) is 32.3 Å². The lowest BCUT2D eigenvalue weighted by molar-refractivity contribution is 0.170. The fraction of sp³-hybridized carbons (Fsp3) is 0.368. The second-order valence-electron chi connectivity index (χ2n) is 5.87. The summed E-state index contributed by atoms with van der Waals surface area (Å²) in [6.45, 7) is 9.14. The van der Waals surface area contributed by atoms with E-state index in [4.69, 9.17) is 0 Å². The molecule has 2 heteroatoms. The lowest BCUT2D eigenvalue weighted by Crippen LogP contribution is -2.25. The Balaban J connectivity index is 2.04. The molecule has 2 unspecified atom stereocenters. The molecule has 0 heterocycles. The van der Waals surface area contributed by atoms with Crippen LogP contribution in [0.3, 0.4) is 0 Å². The Kier molecular flexibility index (Phi) is 5.16. The number of aliphatic hydroxyl groups is 1. The first-order chi connectivity index (χ1) is 9.99. The Hall–Kier alpha value is -1.64. The lowest BCUT2D eigenvalue weighted by Gasteiger charge is -2.21. The molecule has 0 aliphatic rings. The van der Waals surface area contributed by atoms with E-state index >= 15 is 0 Å². The number of rotatable bonds is 5. The second-order valence-corrected chi connectivity index (χ2v) is 5.87. The highest BCUT2D eigenvalue weighted by Crippen LogP contribution is 2.24. The average molecular weight is 283 g/mol. The molecule has 0 spiro atoms. The van der Waals surface area contributed by atoms with E-state index in [1.54, 1.807) is 0 Å². The molecule has 0 radical (unpaired) electrons. The van der Waals surface area contributed by atoms with Crippen LogP contribution in [0.25, 0.3) is 0 Å². The summed E-state index contributed by atoms with van der Waals surface area (Å²) in [4.78, 5) is 0. The monoisotopic (exact) mass is 283 g/mol. The van der Waals surface area contributed by atoms with Crippen LogP contribution < -0.4 is 5.32 Å². The Morgan fingerprint density at radius 1 is 1.00 bits per heavy atom. The zero-order chi connectivity index (χ0) is 15.4. The summed E-state index contributed by atoms with van der Waals surface area (Å²) in [7, 11) is 0. The molecule has 112 valence electrons. The molecule has 0 aliphatic heterocycles. The summed E-state index contributed by atoms with van der Waals surface area (Å²) in [5.74, 6) is 0. The Bertz CT molecular complexity index is 569. The smallest absolute Gasteiger partial charge is 0.0914 e. The summed E-state index contributed by atoms with van der Waals surface area (Å²) in [5, 5.41) is 13.7. The number of aryl methyl sites for hydroxylation is 3. The van der Waals surface area contributed by atoms with Gasteiger partial charge in [0.1, 0.15) is 0 Å². The van der Waals surface area contributed by atoms with Gasteiger partial charge < -0.3 is 10.4 Å². The summed E-state index contributed by atoms with van der Waals surface area (Å²) in [5.41, 5.74) is 6.20. The van der Waals surface area contributed by atoms with Gasteiger partial charge in [0.05, 0.1) is 6.10 Å². The molecular weight excluding hydrogens is 258 g/mol. The maximum absolute atomic E-state index is 10.2. The van der Waals surface area contributed by atoms with Crippen LogP contribution in [0.2, 0.25) is 0 Å². The van der Waals surface area contributed by atoms with E-state index in [0.29, 0.717) is 6.54 Å². The van der Waals surface area contributed by atoms with Crippen molar-refractivity contribution in [3.63, 3.8) is 0 Å². The number of aliphatic hydroxyl groups excluding tert-OH is 1. The standard InChI is InChI=1S/C19H25NO/c1-13-10-14(2)19(15(3)11-13)16(4)20-12-18(21)17-8-6-5-7-9-17/h5-11,16,18,20-21H,12H2,1-4H3. The molecule has 0 bridgehead atoms. The molecular formula is C19H25NO. The van der Waals surface area contributed by atoms with E-state index in [1.165, 1.54) is 22.3 Å². The Labute approximate surface area is 127 Å². The molecule has 2 aromatic rings. The third kappa shape index (κ3) is 3.93. The minimum Gasteiger partial charge on any atom is -0.387 e. The van der Waals surface area contributed by atoms with Gasteiger partial charge in [-0.3, -0.25) is 0 Å². The van der Waals surface area contributed by atoms with Crippen molar-refractivity contribution in [2.75, 3.05) is 6.54 Å². The molecule has 0 fully saturated rings. The van der Waals surface area contributed by atoms with Crippen LogP contribution in [0.15, 0.2) is 42.5 Å². The third-order valence-electron chi connectivity index (χ3n) is 3.97. The molecule has 2 rings (SSSR count). The predicted octanol–water partition coefficient (Wildman–Crippen LogP) is 4.00. The van der Waals surface area contributed by atoms with Crippen molar-refractivity contribution in [3.8, 4) is 0 Å². The number of nitrogens with one attached hydrogen (secondary N) is 1. The van der Waals surface area contributed by atoms with Gasteiger partial charge in [-0.15, -0.1) is 0 Å². The van der Waals surface area contributed by atoms with E-state index in [1.807, 2.05) is 30.3 Å². The van der Waals surface area contributed by atoms with Gasteiger partial charge in [-0.05, 0) is 49.9 Å². The molecule has 2 atom stereocenters. The van der Waals surface area contributed by atoms with E-state index < -0.39 is 6.10 Å². The minimum atomic E-state index is -0.472. The zero-order valence-electron chi connectivity index (χ0n) is 13.4. The Morgan fingerprint density at radius 2 is 1.57 bits per heavy atom. The fourth-order valence-electron chi connectivity index (χ4n) is 3.06. The zero-order valence-corrected chi connectivity index (χ0v) is 13.4. The molecule has 0 saturated heterocycles. The van der Waals surface area contributed by atoms with Crippen molar-refractivity contribution in [1.29, 1.82) is 0 Å². The number of hydrogen-bond donors (Lipinski definition) is 2. The average Bonchev–Trinajstić information content (AvgIpc) is 2.44. The summed E-state index contributed by atoms with van der Waals surface area (Å²) < 4.78 is 0. The predicted molar refractivity (Wildman–Crippen MR) is 88.5 cm³/mol. The highest BCUT2D eigenvalue weighted by Gasteiger charge is 2.14. The quantitative estimate of drug-likeness (QED) is 0.869. The van der Waals surface area contributed by atoms with Gasteiger partial charge in [0, 0.05) is 12.6 Å². The van der Waals surface area contributed by atoms with Gasteiger partial charge in [0.25, 0.3) is 0 Å². The molecule has 0 aromatic heterocycles. The van der Waals surface area contributed by atoms with Crippen molar-refractivity contribution in [3.05, 3.63) is 70.3 Å². The van der Waals surface area contributed by atoms with E-state index in [-0.39, 0.29) is 6.04 Å². The van der Waals surface area contributed by atoms with Gasteiger partial charge in [0.15, 0.2) is 0 Å². The van der Waals surface area contributed by atoms with Crippen molar-refractivity contribution < 1.29 is 5.11 Å². The van der Waals surface area contributed by atoms with Gasteiger partial charge in [-0.1, -0.05) is 48.0 Å². The maximum Gasteiger partial charge on any atom is 0.0914 e. The fourth-order valence-corrected chi connectivity index (χ4v) is 3.06. The SMILES string of the molecule is Cc1cc(C)c(C(C)NCC(O)c2ccccc2)c(C)c1. The van der Waals surface area contributed by atoms with Crippen molar-refractivity contribution in [2.45, 2.75) is 39.8 Å². The van der Waals surface area contributed by atoms with Crippen molar-refractivity contribution in [1.82, 2.24) is 5.32 Å². The van der Waals surface area contributed by atoms with Crippen molar-refractivity contribution >= 4 is 0 Å². The van der Waals surface area contributed by atoms with Crippen LogP contribution >= 0.6 is 0 Å². The molecule has 0 aliphatic carbocycles.